The zero-order valence-corrected chi connectivity index (χ0v) is 13.7. The van der Waals surface area contributed by atoms with E-state index in [-0.39, 0.29) is 0 Å². The molecule has 0 bridgehead atoms. The summed E-state index contributed by atoms with van der Waals surface area (Å²) >= 11 is 13.9. The molecule has 0 spiro atoms. The molecule has 7 heteroatoms. The number of hydrogen-bond donors (Lipinski definition) is 2. The molecule has 0 aliphatic carbocycles. The van der Waals surface area contributed by atoms with Crippen molar-refractivity contribution < 1.29 is 0 Å². The van der Waals surface area contributed by atoms with Crippen molar-refractivity contribution in [2.24, 2.45) is 0 Å². The molecule has 0 saturated carbocycles. The van der Waals surface area contributed by atoms with Gasteiger partial charge in [0, 0.05) is 17.6 Å². The monoisotopic (exact) mass is 330 g/mol. The summed E-state index contributed by atoms with van der Waals surface area (Å²) in [5.74, 6) is 1.26. The zero-order chi connectivity index (χ0) is 14.5. The Morgan fingerprint density at radius 2 is 1.85 bits per heavy atom. The summed E-state index contributed by atoms with van der Waals surface area (Å²) in [4.78, 5) is 8.81. The lowest BCUT2D eigenvalue weighted by molar-refractivity contribution is 0.967. The van der Waals surface area contributed by atoms with Crippen LogP contribution in [0.4, 0.5) is 11.6 Å². The molecule has 0 amide bonds. The van der Waals surface area contributed by atoms with Crippen molar-refractivity contribution in [2.75, 3.05) is 17.2 Å². The number of aryl methyl sites for hydroxylation is 1. The number of rotatable bonds is 6. The molecule has 0 saturated heterocycles. The van der Waals surface area contributed by atoms with Crippen LogP contribution in [-0.4, -0.2) is 16.5 Å². The normalized spacial score (nSPS) is 10.6. The van der Waals surface area contributed by atoms with Gasteiger partial charge in [0.2, 0.25) is 0 Å². The molecule has 2 heterocycles. The van der Waals surface area contributed by atoms with Gasteiger partial charge in [0.1, 0.15) is 16.6 Å². The predicted molar refractivity (Wildman–Crippen MR) is 87.2 cm³/mol. The lowest BCUT2D eigenvalue weighted by atomic mass is 10.4. The second kappa shape index (κ2) is 7.11. The summed E-state index contributed by atoms with van der Waals surface area (Å²) in [5.41, 5.74) is 1.02. The summed E-state index contributed by atoms with van der Waals surface area (Å²) in [6.07, 6.45) is 1.00. The molecule has 0 aliphatic heterocycles. The first-order valence-corrected chi connectivity index (χ1v) is 7.98. The van der Waals surface area contributed by atoms with Crippen molar-refractivity contribution in [1.29, 1.82) is 0 Å². The van der Waals surface area contributed by atoms with E-state index in [2.05, 4.69) is 27.5 Å². The molecule has 108 valence electrons. The molecule has 0 unspecified atom stereocenters. The number of nitrogens with zero attached hydrogens (tertiary/aromatic N) is 2. The number of thiazole rings is 1. The van der Waals surface area contributed by atoms with Gasteiger partial charge in [0.25, 0.3) is 0 Å². The Morgan fingerprint density at radius 1 is 1.15 bits per heavy atom. The maximum absolute atomic E-state index is 6.15. The van der Waals surface area contributed by atoms with Gasteiger partial charge in [-0.3, -0.25) is 0 Å². The van der Waals surface area contributed by atoms with Crippen molar-refractivity contribution in [3.8, 4) is 0 Å². The largest absolute Gasteiger partial charge is 0.369 e. The lowest BCUT2D eigenvalue weighted by Crippen LogP contribution is -2.07. The minimum atomic E-state index is 0.505. The second-order valence-electron chi connectivity index (χ2n) is 4.31. The van der Waals surface area contributed by atoms with Gasteiger partial charge in [-0.05, 0) is 19.4 Å². The van der Waals surface area contributed by atoms with Gasteiger partial charge >= 0.3 is 0 Å². The quantitative estimate of drug-likeness (QED) is 0.813. The Morgan fingerprint density at radius 3 is 2.45 bits per heavy atom. The molecule has 2 aromatic rings. The number of halogens is 2. The Labute approximate surface area is 132 Å². The molecule has 0 aromatic carbocycles. The standard InChI is InChI=1S/C13H16Cl2N4S/c1-3-4-16-12-9(14)5-10(15)13(19-12)17-6-11-18-8(2)7-20-11/h5,7H,3-4,6H2,1-2H3,(H2,16,17,19). The third-order valence-electron chi connectivity index (χ3n) is 2.55. The summed E-state index contributed by atoms with van der Waals surface area (Å²) in [5, 5.41) is 10.4. The molecule has 20 heavy (non-hydrogen) atoms. The van der Waals surface area contributed by atoms with Crippen molar-refractivity contribution in [1.82, 2.24) is 9.97 Å². The van der Waals surface area contributed by atoms with Crippen molar-refractivity contribution in [2.45, 2.75) is 26.8 Å². The zero-order valence-electron chi connectivity index (χ0n) is 11.3. The third kappa shape index (κ3) is 3.98. The van der Waals surface area contributed by atoms with E-state index in [1.165, 1.54) is 0 Å². The molecule has 4 nitrogen and oxygen atoms in total. The number of aromatic nitrogens is 2. The first kappa shape index (κ1) is 15.4. The highest BCUT2D eigenvalue weighted by atomic mass is 35.5. The first-order chi connectivity index (χ1) is 9.60. The van der Waals surface area contributed by atoms with E-state index < -0.39 is 0 Å². The first-order valence-electron chi connectivity index (χ1n) is 6.35. The van der Waals surface area contributed by atoms with Gasteiger partial charge in [-0.2, -0.15) is 0 Å². The van der Waals surface area contributed by atoms with Crippen LogP contribution >= 0.6 is 34.5 Å². The summed E-state index contributed by atoms with van der Waals surface area (Å²) in [6, 6.07) is 1.70. The van der Waals surface area contributed by atoms with E-state index in [0.29, 0.717) is 28.2 Å². The van der Waals surface area contributed by atoms with Crippen molar-refractivity contribution in [3.63, 3.8) is 0 Å². The van der Waals surface area contributed by atoms with Crippen LogP contribution in [0.25, 0.3) is 0 Å². The summed E-state index contributed by atoms with van der Waals surface area (Å²) in [7, 11) is 0. The second-order valence-corrected chi connectivity index (χ2v) is 6.07. The highest BCUT2D eigenvalue weighted by Crippen LogP contribution is 2.29. The fourth-order valence-corrected chi connectivity index (χ4v) is 2.80. The Hall–Kier alpha value is -1.04. The molecule has 2 rings (SSSR count). The van der Waals surface area contributed by atoms with Gasteiger partial charge in [-0.1, -0.05) is 30.1 Å². The van der Waals surface area contributed by atoms with E-state index >= 15 is 0 Å². The van der Waals surface area contributed by atoms with E-state index in [9.17, 15) is 0 Å². The number of nitrogens with one attached hydrogen (secondary N) is 2. The van der Waals surface area contributed by atoms with E-state index in [0.717, 1.165) is 23.7 Å². The molecule has 0 aliphatic rings. The molecular weight excluding hydrogens is 315 g/mol. The molecule has 0 fully saturated rings. The van der Waals surface area contributed by atoms with Crippen LogP contribution < -0.4 is 10.6 Å². The lowest BCUT2D eigenvalue weighted by Gasteiger charge is -2.11. The maximum Gasteiger partial charge on any atom is 0.147 e. The van der Waals surface area contributed by atoms with E-state index in [1.54, 1.807) is 17.4 Å². The Kier molecular flexibility index (Phi) is 5.46. The molecule has 0 radical (unpaired) electrons. The fraction of sp³-hybridized carbons (Fsp3) is 0.385. The number of hydrogen-bond acceptors (Lipinski definition) is 5. The Bertz CT molecular complexity index is 586. The number of pyridine rings is 1. The Balaban J connectivity index is 2.09. The number of anilines is 2. The van der Waals surface area contributed by atoms with Crippen molar-refractivity contribution >= 4 is 46.2 Å². The van der Waals surface area contributed by atoms with Crippen molar-refractivity contribution in [3.05, 3.63) is 32.2 Å². The summed E-state index contributed by atoms with van der Waals surface area (Å²) < 4.78 is 0. The van der Waals surface area contributed by atoms with E-state index in [1.807, 2.05) is 12.3 Å². The highest BCUT2D eigenvalue weighted by molar-refractivity contribution is 7.09. The topological polar surface area (TPSA) is 49.8 Å². The molecular formula is C13H16Cl2N4S. The smallest absolute Gasteiger partial charge is 0.147 e. The third-order valence-corrected chi connectivity index (χ3v) is 4.09. The average molecular weight is 331 g/mol. The maximum atomic E-state index is 6.15. The van der Waals surface area contributed by atoms with Crippen LogP contribution in [0.3, 0.4) is 0 Å². The van der Waals surface area contributed by atoms with Gasteiger partial charge < -0.3 is 10.6 Å². The predicted octanol–water partition coefficient (Wildman–Crippen LogP) is 4.59. The summed E-state index contributed by atoms with van der Waals surface area (Å²) in [6.45, 7) is 5.47. The molecule has 2 N–H and O–H groups in total. The minimum Gasteiger partial charge on any atom is -0.369 e. The molecule has 2 aromatic heterocycles. The highest BCUT2D eigenvalue weighted by Gasteiger charge is 2.09. The van der Waals surface area contributed by atoms with Gasteiger partial charge in [0.05, 0.1) is 16.6 Å². The van der Waals surface area contributed by atoms with Crippen LogP contribution in [0, 0.1) is 6.92 Å². The molecule has 0 atom stereocenters. The van der Waals surface area contributed by atoms with Gasteiger partial charge in [-0.25, -0.2) is 9.97 Å². The van der Waals surface area contributed by atoms with Crippen LogP contribution in [-0.2, 0) is 6.54 Å². The van der Waals surface area contributed by atoms with Gasteiger partial charge in [0.15, 0.2) is 0 Å². The van der Waals surface area contributed by atoms with Crippen LogP contribution in [0.1, 0.15) is 24.0 Å². The van der Waals surface area contributed by atoms with Crippen LogP contribution in [0.15, 0.2) is 11.4 Å². The average Bonchev–Trinajstić information content (AvgIpc) is 2.82. The van der Waals surface area contributed by atoms with Gasteiger partial charge in [-0.15, -0.1) is 11.3 Å². The van der Waals surface area contributed by atoms with Crippen LogP contribution in [0.5, 0.6) is 0 Å². The minimum absolute atomic E-state index is 0.505. The van der Waals surface area contributed by atoms with E-state index in [4.69, 9.17) is 23.2 Å². The van der Waals surface area contributed by atoms with Crippen LogP contribution in [0.2, 0.25) is 10.0 Å². The fourth-order valence-electron chi connectivity index (χ4n) is 1.60. The SMILES string of the molecule is CCCNc1nc(NCc2nc(C)cs2)c(Cl)cc1Cl.